The monoisotopic (exact) mass is 254 g/mol. The number of rotatable bonds is 4. The van der Waals surface area contributed by atoms with E-state index in [-0.39, 0.29) is 5.76 Å². The Kier molecular flexibility index (Phi) is 3.40. The first-order valence-corrected chi connectivity index (χ1v) is 5.64. The molecule has 90 valence electrons. The second kappa shape index (κ2) is 4.97. The van der Waals surface area contributed by atoms with E-state index in [0.717, 1.165) is 0 Å². The van der Waals surface area contributed by atoms with Gasteiger partial charge in [-0.25, -0.2) is 10.5 Å². The van der Waals surface area contributed by atoms with E-state index in [2.05, 4.69) is 15.5 Å². The van der Waals surface area contributed by atoms with Gasteiger partial charge in [-0.15, -0.1) is 5.10 Å². The highest BCUT2D eigenvalue weighted by Crippen LogP contribution is 2.20. The van der Waals surface area contributed by atoms with E-state index in [0.29, 0.717) is 16.7 Å². The minimum absolute atomic E-state index is 0.180. The molecule has 2 aromatic rings. The normalized spacial score (nSPS) is 10.5. The number of carbonyl (C=O) groups excluding carboxylic acids is 1. The van der Waals surface area contributed by atoms with Crippen LogP contribution in [0.15, 0.2) is 21.7 Å². The van der Waals surface area contributed by atoms with Gasteiger partial charge in [0, 0.05) is 7.05 Å². The average Bonchev–Trinajstić information content (AvgIpc) is 2.94. The molecule has 1 amide bonds. The first-order valence-electron chi connectivity index (χ1n) is 4.65. The Bertz CT molecular complexity index is 522. The summed E-state index contributed by atoms with van der Waals surface area (Å²) in [7, 11) is 1.75. The van der Waals surface area contributed by atoms with Gasteiger partial charge in [0.15, 0.2) is 5.76 Å². The number of aryl methyl sites for hydroxylation is 1. The third kappa shape index (κ3) is 2.63. The topological polar surface area (TPSA) is 112 Å². The Morgan fingerprint density at radius 3 is 3.12 bits per heavy atom. The van der Waals surface area contributed by atoms with Crippen LogP contribution in [0.2, 0.25) is 0 Å². The fraction of sp³-hybridized carbons (Fsp3) is 0.250. The molecule has 2 heterocycles. The largest absolute Gasteiger partial charge is 0.455 e. The maximum absolute atomic E-state index is 11.1. The number of amides is 1. The smallest absolute Gasteiger partial charge is 0.300 e. The molecule has 0 aromatic carbocycles. The minimum Gasteiger partial charge on any atom is -0.455 e. The zero-order valence-corrected chi connectivity index (χ0v) is 9.77. The number of furan rings is 1. The van der Waals surface area contributed by atoms with Crippen molar-refractivity contribution in [3.8, 4) is 0 Å². The highest BCUT2D eigenvalue weighted by atomic mass is 32.2. The summed E-state index contributed by atoms with van der Waals surface area (Å²) in [6.45, 7) is 0. The SMILES string of the molecule is Cn1nnnc1SCc1ccc(C(=O)NN)o1. The number of carbonyl (C=O) groups is 1. The van der Waals surface area contributed by atoms with E-state index < -0.39 is 5.91 Å². The summed E-state index contributed by atoms with van der Waals surface area (Å²) in [5, 5.41) is 11.7. The van der Waals surface area contributed by atoms with E-state index in [4.69, 9.17) is 10.3 Å². The van der Waals surface area contributed by atoms with Crippen LogP contribution in [0.3, 0.4) is 0 Å². The van der Waals surface area contributed by atoms with Gasteiger partial charge in [-0.3, -0.25) is 10.2 Å². The van der Waals surface area contributed by atoms with Crippen molar-refractivity contribution in [1.82, 2.24) is 25.6 Å². The minimum atomic E-state index is -0.457. The van der Waals surface area contributed by atoms with Crippen LogP contribution in [0, 0.1) is 0 Å². The summed E-state index contributed by atoms with van der Waals surface area (Å²) in [5.41, 5.74) is 2.00. The highest BCUT2D eigenvalue weighted by molar-refractivity contribution is 7.98. The standard InChI is InChI=1S/C8H10N6O2S/c1-14-8(11-12-13-14)17-4-5-2-3-6(16-5)7(15)10-9/h2-3H,4,9H2,1H3,(H,10,15). The number of nitrogens with two attached hydrogens (primary N) is 1. The highest BCUT2D eigenvalue weighted by Gasteiger charge is 2.10. The molecule has 0 aliphatic rings. The third-order valence-electron chi connectivity index (χ3n) is 1.94. The van der Waals surface area contributed by atoms with Gasteiger partial charge >= 0.3 is 5.91 Å². The Morgan fingerprint density at radius 1 is 1.65 bits per heavy atom. The van der Waals surface area contributed by atoms with Crippen molar-refractivity contribution in [2.24, 2.45) is 12.9 Å². The van der Waals surface area contributed by atoms with E-state index in [1.807, 2.05) is 5.43 Å². The molecule has 0 radical (unpaired) electrons. The maximum atomic E-state index is 11.1. The van der Waals surface area contributed by atoms with Gasteiger partial charge in [0.1, 0.15) is 5.76 Å². The van der Waals surface area contributed by atoms with Crippen molar-refractivity contribution in [2.75, 3.05) is 0 Å². The number of tetrazole rings is 1. The van der Waals surface area contributed by atoms with E-state index in [1.165, 1.54) is 11.8 Å². The summed E-state index contributed by atoms with van der Waals surface area (Å²) in [6, 6.07) is 3.27. The lowest BCUT2D eigenvalue weighted by Crippen LogP contribution is -2.29. The van der Waals surface area contributed by atoms with Gasteiger partial charge in [-0.1, -0.05) is 11.8 Å². The fourth-order valence-electron chi connectivity index (χ4n) is 1.13. The molecule has 2 aromatic heterocycles. The molecule has 0 bridgehead atoms. The number of hydrazine groups is 1. The van der Waals surface area contributed by atoms with Crippen molar-refractivity contribution in [3.05, 3.63) is 23.7 Å². The molecule has 0 saturated heterocycles. The lowest BCUT2D eigenvalue weighted by Gasteiger charge is -1.96. The number of nitrogens with one attached hydrogen (secondary N) is 1. The van der Waals surface area contributed by atoms with E-state index >= 15 is 0 Å². The summed E-state index contributed by atoms with van der Waals surface area (Å²) in [4.78, 5) is 11.1. The second-order valence-electron chi connectivity index (χ2n) is 3.11. The maximum Gasteiger partial charge on any atom is 0.300 e. The van der Waals surface area contributed by atoms with Crippen LogP contribution in [-0.4, -0.2) is 26.1 Å². The number of nitrogens with zero attached hydrogens (tertiary/aromatic N) is 4. The number of hydrogen-bond acceptors (Lipinski definition) is 7. The second-order valence-corrected chi connectivity index (χ2v) is 4.06. The zero-order chi connectivity index (χ0) is 12.3. The van der Waals surface area contributed by atoms with Crippen molar-refractivity contribution in [3.63, 3.8) is 0 Å². The lowest BCUT2D eigenvalue weighted by molar-refractivity contribution is 0.0924. The van der Waals surface area contributed by atoms with Crippen LogP contribution in [-0.2, 0) is 12.8 Å². The van der Waals surface area contributed by atoms with Crippen molar-refractivity contribution in [1.29, 1.82) is 0 Å². The molecule has 9 heteroatoms. The molecule has 2 rings (SSSR count). The van der Waals surface area contributed by atoms with Crippen molar-refractivity contribution >= 4 is 17.7 Å². The molecule has 0 atom stereocenters. The molecular formula is C8H10N6O2S. The van der Waals surface area contributed by atoms with E-state index in [1.54, 1.807) is 23.9 Å². The first kappa shape index (κ1) is 11.6. The first-order chi connectivity index (χ1) is 8.20. The predicted molar refractivity (Wildman–Crippen MR) is 58.7 cm³/mol. The molecule has 0 saturated carbocycles. The summed E-state index contributed by atoms with van der Waals surface area (Å²) < 4.78 is 6.84. The summed E-state index contributed by atoms with van der Waals surface area (Å²) >= 11 is 1.41. The quantitative estimate of drug-likeness (QED) is 0.333. The van der Waals surface area contributed by atoms with Crippen molar-refractivity contribution < 1.29 is 9.21 Å². The molecule has 0 aliphatic carbocycles. The number of hydrogen-bond donors (Lipinski definition) is 2. The predicted octanol–water partition coefficient (Wildman–Crippen LogP) is -0.301. The van der Waals surface area contributed by atoms with Gasteiger partial charge < -0.3 is 4.42 Å². The number of aromatic nitrogens is 4. The number of nitrogen functional groups attached to an aromatic ring is 1. The lowest BCUT2D eigenvalue weighted by atomic mass is 10.4. The van der Waals surface area contributed by atoms with Crippen LogP contribution in [0.5, 0.6) is 0 Å². The zero-order valence-electron chi connectivity index (χ0n) is 8.95. The van der Waals surface area contributed by atoms with Crippen LogP contribution >= 0.6 is 11.8 Å². The van der Waals surface area contributed by atoms with Crippen LogP contribution in [0.1, 0.15) is 16.3 Å². The molecule has 0 unspecified atom stereocenters. The van der Waals surface area contributed by atoms with E-state index in [9.17, 15) is 4.79 Å². The van der Waals surface area contributed by atoms with Gasteiger partial charge in [-0.05, 0) is 22.6 Å². The molecule has 17 heavy (non-hydrogen) atoms. The Balaban J connectivity index is 1.98. The van der Waals surface area contributed by atoms with Crippen LogP contribution in [0.25, 0.3) is 0 Å². The fourth-order valence-corrected chi connectivity index (χ4v) is 1.87. The number of thioether (sulfide) groups is 1. The van der Waals surface area contributed by atoms with Gasteiger partial charge in [0.2, 0.25) is 5.16 Å². The van der Waals surface area contributed by atoms with Gasteiger partial charge in [0.05, 0.1) is 5.75 Å². The Morgan fingerprint density at radius 2 is 2.47 bits per heavy atom. The molecule has 0 aliphatic heterocycles. The summed E-state index contributed by atoms with van der Waals surface area (Å²) in [6.07, 6.45) is 0. The van der Waals surface area contributed by atoms with Crippen LogP contribution < -0.4 is 11.3 Å². The Hall–Kier alpha value is -1.87. The van der Waals surface area contributed by atoms with Crippen LogP contribution in [0.4, 0.5) is 0 Å². The molecule has 0 spiro atoms. The van der Waals surface area contributed by atoms with Gasteiger partial charge in [-0.2, -0.15) is 0 Å². The molecule has 0 fully saturated rings. The van der Waals surface area contributed by atoms with Crippen molar-refractivity contribution in [2.45, 2.75) is 10.9 Å². The third-order valence-corrected chi connectivity index (χ3v) is 2.97. The Labute approximate surface area is 101 Å². The van der Waals surface area contributed by atoms with Gasteiger partial charge in [0.25, 0.3) is 0 Å². The summed E-state index contributed by atoms with van der Waals surface area (Å²) in [5.74, 6) is 5.90. The average molecular weight is 254 g/mol. The molecular weight excluding hydrogens is 244 g/mol. The molecule has 3 N–H and O–H groups in total. The molecule has 8 nitrogen and oxygen atoms in total.